The SMILES string of the molecule is CC1CCC2(CC1)Oc1ccccc1[C@@H]1CC(c3ccc4ccccc4c3)=NN12. The quantitative estimate of drug-likeness (QED) is 0.494. The molecule has 1 atom stereocenters. The molecule has 2 heterocycles. The van der Waals surface area contributed by atoms with E-state index in [-0.39, 0.29) is 11.8 Å². The van der Waals surface area contributed by atoms with Crippen LogP contribution in [0.5, 0.6) is 5.75 Å². The van der Waals surface area contributed by atoms with E-state index in [4.69, 9.17) is 9.84 Å². The zero-order chi connectivity index (χ0) is 19.4. The summed E-state index contributed by atoms with van der Waals surface area (Å²) in [6.45, 7) is 2.36. The van der Waals surface area contributed by atoms with Crippen molar-refractivity contribution in [3.8, 4) is 5.75 Å². The molecule has 1 spiro atoms. The van der Waals surface area contributed by atoms with Gasteiger partial charge in [-0.05, 0) is 47.2 Å². The molecule has 3 nitrogen and oxygen atoms in total. The minimum Gasteiger partial charge on any atom is -0.466 e. The highest BCUT2D eigenvalue weighted by Gasteiger charge is 2.51. The molecule has 1 fully saturated rings. The van der Waals surface area contributed by atoms with Gasteiger partial charge in [0.05, 0.1) is 11.8 Å². The van der Waals surface area contributed by atoms with E-state index >= 15 is 0 Å². The second-order valence-corrected chi connectivity index (χ2v) is 8.94. The molecule has 6 rings (SSSR count). The number of hydrazone groups is 1. The van der Waals surface area contributed by atoms with Crippen molar-refractivity contribution in [3.63, 3.8) is 0 Å². The third-order valence-electron chi connectivity index (χ3n) is 7.04. The summed E-state index contributed by atoms with van der Waals surface area (Å²) in [6, 6.07) is 24.1. The first-order valence-electron chi connectivity index (χ1n) is 10.9. The van der Waals surface area contributed by atoms with Gasteiger partial charge in [-0.15, -0.1) is 0 Å². The molecule has 3 aromatic rings. The van der Waals surface area contributed by atoms with E-state index in [1.165, 1.54) is 40.5 Å². The summed E-state index contributed by atoms with van der Waals surface area (Å²) in [5.41, 5.74) is 3.40. The lowest BCUT2D eigenvalue weighted by molar-refractivity contribution is -0.145. The second-order valence-electron chi connectivity index (χ2n) is 8.94. The maximum absolute atomic E-state index is 6.70. The Morgan fingerprint density at radius 3 is 2.55 bits per heavy atom. The highest BCUT2D eigenvalue weighted by molar-refractivity contribution is 6.04. The summed E-state index contributed by atoms with van der Waals surface area (Å²) >= 11 is 0. The van der Waals surface area contributed by atoms with Crippen molar-refractivity contribution >= 4 is 16.5 Å². The molecule has 29 heavy (non-hydrogen) atoms. The van der Waals surface area contributed by atoms with Gasteiger partial charge in [-0.1, -0.05) is 61.5 Å². The summed E-state index contributed by atoms with van der Waals surface area (Å²) in [5, 5.41) is 10.1. The van der Waals surface area contributed by atoms with Crippen LogP contribution in [0, 0.1) is 5.92 Å². The minimum absolute atomic E-state index is 0.273. The molecular formula is C26H26N2O. The van der Waals surface area contributed by atoms with Crippen LogP contribution in [-0.2, 0) is 0 Å². The van der Waals surface area contributed by atoms with E-state index < -0.39 is 0 Å². The molecule has 0 radical (unpaired) electrons. The second kappa shape index (κ2) is 6.35. The molecule has 2 aliphatic heterocycles. The normalized spacial score (nSPS) is 28.0. The molecule has 0 bridgehead atoms. The van der Waals surface area contributed by atoms with Crippen LogP contribution in [0.25, 0.3) is 10.8 Å². The molecule has 3 aliphatic rings. The van der Waals surface area contributed by atoms with Crippen LogP contribution in [0.2, 0.25) is 0 Å². The fourth-order valence-corrected chi connectivity index (χ4v) is 5.32. The van der Waals surface area contributed by atoms with Gasteiger partial charge >= 0.3 is 0 Å². The Hall–Kier alpha value is -2.81. The zero-order valence-electron chi connectivity index (χ0n) is 16.8. The predicted octanol–water partition coefficient (Wildman–Crippen LogP) is 6.29. The molecule has 146 valence electrons. The molecule has 0 unspecified atom stereocenters. The zero-order valence-corrected chi connectivity index (χ0v) is 16.8. The summed E-state index contributed by atoms with van der Waals surface area (Å²) in [6.07, 6.45) is 5.44. The summed E-state index contributed by atoms with van der Waals surface area (Å²) in [7, 11) is 0. The smallest absolute Gasteiger partial charge is 0.198 e. The van der Waals surface area contributed by atoms with Gasteiger partial charge < -0.3 is 4.74 Å². The van der Waals surface area contributed by atoms with Crippen molar-refractivity contribution in [3.05, 3.63) is 77.9 Å². The van der Waals surface area contributed by atoms with Crippen LogP contribution < -0.4 is 4.74 Å². The van der Waals surface area contributed by atoms with Gasteiger partial charge in [0.2, 0.25) is 0 Å². The van der Waals surface area contributed by atoms with Crippen molar-refractivity contribution in [2.75, 3.05) is 0 Å². The first-order valence-corrected chi connectivity index (χ1v) is 10.9. The topological polar surface area (TPSA) is 24.8 Å². The molecular weight excluding hydrogens is 356 g/mol. The molecule has 3 heteroatoms. The molecule has 1 saturated carbocycles. The van der Waals surface area contributed by atoms with Gasteiger partial charge in [-0.2, -0.15) is 5.10 Å². The third-order valence-corrected chi connectivity index (χ3v) is 7.04. The average molecular weight is 383 g/mol. The monoisotopic (exact) mass is 382 g/mol. The van der Waals surface area contributed by atoms with Crippen molar-refractivity contribution in [1.82, 2.24) is 5.01 Å². The molecule has 0 saturated heterocycles. The van der Waals surface area contributed by atoms with Gasteiger partial charge in [0, 0.05) is 24.8 Å². The van der Waals surface area contributed by atoms with E-state index in [0.29, 0.717) is 0 Å². The number of nitrogens with zero attached hydrogens (tertiary/aromatic N) is 2. The van der Waals surface area contributed by atoms with Gasteiger partial charge in [-0.25, -0.2) is 5.01 Å². The fourth-order valence-electron chi connectivity index (χ4n) is 5.32. The minimum atomic E-state index is -0.288. The summed E-state index contributed by atoms with van der Waals surface area (Å²) in [4.78, 5) is 0. The lowest BCUT2D eigenvalue weighted by atomic mass is 9.82. The first kappa shape index (κ1) is 17.1. The number of para-hydroxylation sites is 1. The summed E-state index contributed by atoms with van der Waals surface area (Å²) in [5.74, 6) is 1.82. The number of benzene rings is 3. The number of hydrogen-bond acceptors (Lipinski definition) is 3. The summed E-state index contributed by atoms with van der Waals surface area (Å²) < 4.78 is 6.70. The lowest BCUT2D eigenvalue weighted by Gasteiger charge is -2.50. The Labute approximate surface area is 172 Å². The van der Waals surface area contributed by atoms with Crippen molar-refractivity contribution < 1.29 is 4.74 Å². The highest BCUT2D eigenvalue weighted by atomic mass is 16.5. The Morgan fingerprint density at radius 1 is 0.931 bits per heavy atom. The highest BCUT2D eigenvalue weighted by Crippen LogP contribution is 2.51. The van der Waals surface area contributed by atoms with Crippen LogP contribution >= 0.6 is 0 Å². The van der Waals surface area contributed by atoms with Gasteiger partial charge in [0.1, 0.15) is 5.75 Å². The van der Waals surface area contributed by atoms with Crippen LogP contribution in [-0.4, -0.2) is 16.4 Å². The molecule has 0 N–H and O–H groups in total. The largest absolute Gasteiger partial charge is 0.466 e. The Morgan fingerprint density at radius 2 is 1.69 bits per heavy atom. The van der Waals surface area contributed by atoms with E-state index in [1.54, 1.807) is 0 Å². The van der Waals surface area contributed by atoms with Crippen molar-refractivity contribution in [2.45, 2.75) is 50.8 Å². The van der Waals surface area contributed by atoms with Crippen molar-refractivity contribution in [2.24, 2.45) is 11.0 Å². The number of fused-ring (bicyclic) bond motifs is 5. The van der Waals surface area contributed by atoms with E-state index in [2.05, 4.69) is 78.7 Å². The Bertz CT molecular complexity index is 1110. The van der Waals surface area contributed by atoms with E-state index in [1.807, 2.05) is 0 Å². The number of rotatable bonds is 1. The van der Waals surface area contributed by atoms with E-state index in [9.17, 15) is 0 Å². The van der Waals surface area contributed by atoms with Crippen molar-refractivity contribution in [1.29, 1.82) is 0 Å². The predicted molar refractivity (Wildman–Crippen MR) is 117 cm³/mol. The standard InChI is InChI=1S/C26H26N2O/c1-18-12-14-26(15-13-18)28-24(22-8-4-5-9-25(22)29-26)17-23(27-28)21-11-10-19-6-2-3-7-20(19)16-21/h2-11,16,18,24H,12-15,17H2,1H3/t18?,24-,26?/m0/s1. The Kier molecular flexibility index (Phi) is 3.74. The van der Waals surface area contributed by atoms with Crippen LogP contribution in [0.15, 0.2) is 71.8 Å². The van der Waals surface area contributed by atoms with Gasteiger partial charge in [0.15, 0.2) is 5.72 Å². The van der Waals surface area contributed by atoms with E-state index in [0.717, 1.165) is 30.9 Å². The maximum Gasteiger partial charge on any atom is 0.198 e. The maximum atomic E-state index is 6.70. The molecule has 1 aliphatic carbocycles. The van der Waals surface area contributed by atoms with Gasteiger partial charge in [0.25, 0.3) is 0 Å². The average Bonchev–Trinajstić information content (AvgIpc) is 3.22. The first-order chi connectivity index (χ1) is 14.2. The number of ether oxygens (including phenoxy) is 1. The molecule has 0 amide bonds. The van der Waals surface area contributed by atoms with Gasteiger partial charge in [-0.3, -0.25) is 0 Å². The lowest BCUT2D eigenvalue weighted by Crippen LogP contribution is -2.55. The fraction of sp³-hybridized carbons (Fsp3) is 0.346. The third kappa shape index (κ3) is 2.67. The number of hydrogen-bond donors (Lipinski definition) is 0. The van der Waals surface area contributed by atoms with Crippen LogP contribution in [0.1, 0.15) is 56.2 Å². The van der Waals surface area contributed by atoms with Crippen LogP contribution in [0.4, 0.5) is 0 Å². The van der Waals surface area contributed by atoms with Crippen LogP contribution in [0.3, 0.4) is 0 Å². The molecule has 0 aromatic heterocycles. The Balaban J connectivity index is 1.44. The molecule has 3 aromatic carbocycles.